The average molecular weight is 374 g/mol. The van der Waals surface area contributed by atoms with Crippen molar-refractivity contribution in [3.8, 4) is 5.75 Å². The van der Waals surface area contributed by atoms with Crippen LogP contribution >= 0.6 is 0 Å². The van der Waals surface area contributed by atoms with Gasteiger partial charge >= 0.3 is 0 Å². The third-order valence-corrected chi connectivity index (χ3v) is 6.10. The van der Waals surface area contributed by atoms with Gasteiger partial charge in [-0.1, -0.05) is 18.2 Å². The Hall–Kier alpha value is -2.41. The van der Waals surface area contributed by atoms with Crippen molar-refractivity contribution in [3.05, 3.63) is 54.9 Å². The zero-order valence-electron chi connectivity index (χ0n) is 14.5. The lowest BCUT2D eigenvalue weighted by atomic mass is 10.1. The molecule has 0 radical (unpaired) electrons. The van der Waals surface area contributed by atoms with Gasteiger partial charge in [-0.3, -0.25) is 9.78 Å². The number of ether oxygens (including phenoxy) is 1. The SMILES string of the molecule is O=C(CCS(=O)(=O)c1ccccc1)N1CCCC(Oc2ccncc2)C1. The third-order valence-electron chi connectivity index (χ3n) is 4.37. The van der Waals surface area contributed by atoms with Crippen molar-refractivity contribution in [1.82, 2.24) is 9.88 Å². The highest BCUT2D eigenvalue weighted by molar-refractivity contribution is 7.91. The number of likely N-dealkylation sites (tertiary alicyclic amines) is 1. The van der Waals surface area contributed by atoms with Gasteiger partial charge in [-0.05, 0) is 37.1 Å². The molecule has 0 saturated carbocycles. The number of carbonyl (C=O) groups excluding carboxylic acids is 1. The second-order valence-corrected chi connectivity index (χ2v) is 8.40. The second kappa shape index (κ2) is 8.31. The molecule has 1 aromatic carbocycles. The van der Waals surface area contributed by atoms with Crippen LogP contribution < -0.4 is 4.74 Å². The average Bonchev–Trinajstić information content (AvgIpc) is 2.68. The summed E-state index contributed by atoms with van der Waals surface area (Å²) in [6, 6.07) is 11.8. The van der Waals surface area contributed by atoms with Gasteiger partial charge in [0.2, 0.25) is 5.91 Å². The largest absolute Gasteiger partial charge is 0.488 e. The monoisotopic (exact) mass is 374 g/mol. The van der Waals surface area contributed by atoms with Crippen molar-refractivity contribution in [2.75, 3.05) is 18.8 Å². The Bertz CT molecular complexity index is 825. The molecule has 1 saturated heterocycles. The molecule has 0 spiro atoms. The number of hydrogen-bond acceptors (Lipinski definition) is 5. The van der Waals surface area contributed by atoms with Gasteiger partial charge in [-0.15, -0.1) is 0 Å². The first-order valence-corrected chi connectivity index (χ1v) is 10.3. The van der Waals surface area contributed by atoms with E-state index in [1.807, 2.05) is 0 Å². The van der Waals surface area contributed by atoms with Gasteiger partial charge in [0.15, 0.2) is 9.84 Å². The molecule has 138 valence electrons. The zero-order valence-corrected chi connectivity index (χ0v) is 15.3. The molecule has 7 heteroatoms. The predicted molar refractivity (Wildman–Crippen MR) is 97.6 cm³/mol. The molecule has 1 amide bonds. The fraction of sp³-hybridized carbons (Fsp3) is 0.368. The molecule has 0 N–H and O–H groups in total. The first-order chi connectivity index (χ1) is 12.5. The van der Waals surface area contributed by atoms with E-state index in [1.54, 1.807) is 59.8 Å². The summed E-state index contributed by atoms with van der Waals surface area (Å²) in [6.45, 7) is 1.12. The van der Waals surface area contributed by atoms with Crippen LogP contribution in [-0.2, 0) is 14.6 Å². The summed E-state index contributed by atoms with van der Waals surface area (Å²) in [4.78, 5) is 18.4. The highest BCUT2D eigenvalue weighted by atomic mass is 32.2. The van der Waals surface area contributed by atoms with E-state index in [0.717, 1.165) is 18.6 Å². The van der Waals surface area contributed by atoms with Crippen molar-refractivity contribution in [1.29, 1.82) is 0 Å². The number of nitrogens with zero attached hydrogens (tertiary/aromatic N) is 2. The maximum absolute atomic E-state index is 12.5. The number of sulfone groups is 1. The molecule has 1 fully saturated rings. The highest BCUT2D eigenvalue weighted by Crippen LogP contribution is 2.19. The number of hydrogen-bond donors (Lipinski definition) is 0. The molecule has 1 atom stereocenters. The van der Waals surface area contributed by atoms with Crippen molar-refractivity contribution >= 4 is 15.7 Å². The number of amides is 1. The van der Waals surface area contributed by atoms with Crippen LogP contribution in [0.15, 0.2) is 59.8 Å². The van der Waals surface area contributed by atoms with E-state index >= 15 is 0 Å². The number of carbonyl (C=O) groups is 1. The molecule has 0 bridgehead atoms. The minimum absolute atomic E-state index is 0.0147. The molecule has 1 aromatic heterocycles. The molecule has 1 unspecified atom stereocenters. The Balaban J connectivity index is 1.54. The maximum atomic E-state index is 12.5. The van der Waals surface area contributed by atoms with Crippen molar-refractivity contribution in [2.24, 2.45) is 0 Å². The standard InChI is InChI=1S/C19H22N2O4S/c22-19(10-14-26(23,24)18-6-2-1-3-7-18)21-13-4-5-17(15-21)25-16-8-11-20-12-9-16/h1-3,6-9,11-12,17H,4-5,10,13-15H2. The van der Waals surface area contributed by atoms with E-state index < -0.39 is 9.84 Å². The lowest BCUT2D eigenvalue weighted by Gasteiger charge is -2.33. The molecule has 1 aliphatic heterocycles. The van der Waals surface area contributed by atoms with E-state index in [1.165, 1.54) is 0 Å². The van der Waals surface area contributed by atoms with Crippen LogP contribution in [0, 0.1) is 0 Å². The molecule has 26 heavy (non-hydrogen) atoms. The summed E-state index contributed by atoms with van der Waals surface area (Å²) in [7, 11) is -3.44. The van der Waals surface area contributed by atoms with Crippen molar-refractivity contribution in [3.63, 3.8) is 0 Å². The first-order valence-electron chi connectivity index (χ1n) is 8.67. The fourth-order valence-electron chi connectivity index (χ4n) is 3.00. The van der Waals surface area contributed by atoms with Gasteiger partial charge in [-0.2, -0.15) is 0 Å². The minimum atomic E-state index is -3.44. The predicted octanol–water partition coefficient (Wildman–Crippen LogP) is 2.32. The summed E-state index contributed by atoms with van der Waals surface area (Å²) < 4.78 is 30.5. The Morgan fingerprint density at radius 2 is 1.88 bits per heavy atom. The summed E-state index contributed by atoms with van der Waals surface area (Å²) in [5.41, 5.74) is 0. The quantitative estimate of drug-likeness (QED) is 0.775. The van der Waals surface area contributed by atoms with Crippen LogP contribution in [0.25, 0.3) is 0 Å². The first kappa shape index (κ1) is 18.4. The molecule has 1 aliphatic rings. The molecule has 2 aromatic rings. The summed E-state index contributed by atoms with van der Waals surface area (Å²) in [6.07, 6.45) is 4.94. The van der Waals surface area contributed by atoms with Gasteiger partial charge < -0.3 is 9.64 Å². The number of pyridine rings is 1. The molecule has 6 nitrogen and oxygen atoms in total. The highest BCUT2D eigenvalue weighted by Gasteiger charge is 2.26. The van der Waals surface area contributed by atoms with Crippen LogP contribution in [0.1, 0.15) is 19.3 Å². The van der Waals surface area contributed by atoms with Gasteiger partial charge in [0.1, 0.15) is 11.9 Å². The summed E-state index contributed by atoms with van der Waals surface area (Å²) >= 11 is 0. The lowest BCUT2D eigenvalue weighted by Crippen LogP contribution is -2.44. The Morgan fingerprint density at radius 1 is 1.15 bits per heavy atom. The molecule has 0 aliphatic carbocycles. The van der Waals surface area contributed by atoms with Crippen LogP contribution in [-0.4, -0.2) is 49.2 Å². The van der Waals surface area contributed by atoms with Gasteiger partial charge in [0, 0.05) is 25.4 Å². The Morgan fingerprint density at radius 3 is 2.62 bits per heavy atom. The molecule has 2 heterocycles. The number of piperidine rings is 1. The van der Waals surface area contributed by atoms with E-state index in [-0.39, 0.29) is 29.1 Å². The molecular formula is C19H22N2O4S. The third kappa shape index (κ3) is 4.82. The zero-order chi connectivity index (χ0) is 18.4. The van der Waals surface area contributed by atoms with Crippen LogP contribution in [0.4, 0.5) is 0 Å². The molecule has 3 rings (SSSR count). The number of aromatic nitrogens is 1. The lowest BCUT2D eigenvalue weighted by molar-refractivity contribution is -0.133. The Kier molecular flexibility index (Phi) is 5.88. The van der Waals surface area contributed by atoms with Crippen molar-refractivity contribution < 1.29 is 17.9 Å². The van der Waals surface area contributed by atoms with Gasteiger partial charge in [-0.25, -0.2) is 8.42 Å². The summed E-state index contributed by atoms with van der Waals surface area (Å²) in [5.74, 6) is 0.404. The normalized spacial score (nSPS) is 17.7. The van der Waals surface area contributed by atoms with Crippen LogP contribution in [0.5, 0.6) is 5.75 Å². The van der Waals surface area contributed by atoms with Crippen LogP contribution in [0.3, 0.4) is 0 Å². The van der Waals surface area contributed by atoms with Crippen molar-refractivity contribution in [2.45, 2.75) is 30.3 Å². The van der Waals surface area contributed by atoms with E-state index in [4.69, 9.17) is 4.74 Å². The fourth-order valence-corrected chi connectivity index (χ4v) is 4.25. The van der Waals surface area contributed by atoms with E-state index in [2.05, 4.69) is 4.98 Å². The topological polar surface area (TPSA) is 76.6 Å². The summed E-state index contributed by atoms with van der Waals surface area (Å²) in [5, 5.41) is 0. The number of rotatable bonds is 6. The maximum Gasteiger partial charge on any atom is 0.223 e. The smallest absolute Gasteiger partial charge is 0.223 e. The minimum Gasteiger partial charge on any atom is -0.488 e. The Labute approximate surface area is 153 Å². The van der Waals surface area contributed by atoms with Gasteiger partial charge in [0.05, 0.1) is 17.2 Å². The molecular weight excluding hydrogens is 352 g/mol. The van der Waals surface area contributed by atoms with E-state index in [9.17, 15) is 13.2 Å². The van der Waals surface area contributed by atoms with Gasteiger partial charge in [0.25, 0.3) is 0 Å². The van der Waals surface area contributed by atoms with Crippen LogP contribution in [0.2, 0.25) is 0 Å². The second-order valence-electron chi connectivity index (χ2n) is 6.29. The number of benzene rings is 1. The van der Waals surface area contributed by atoms with E-state index in [0.29, 0.717) is 13.1 Å².